The van der Waals surface area contributed by atoms with Crippen LogP contribution in [0.4, 0.5) is 17.1 Å². The molecule has 34 heavy (non-hydrogen) atoms. The Bertz CT molecular complexity index is 1550. The second-order valence-corrected chi connectivity index (χ2v) is 9.88. The summed E-state index contributed by atoms with van der Waals surface area (Å²) in [4.78, 5) is 27.0. The summed E-state index contributed by atoms with van der Waals surface area (Å²) in [6.07, 6.45) is 0. The Balaban J connectivity index is 1.28. The molecule has 2 amide bonds. The molecule has 0 unspecified atom stereocenters. The van der Waals surface area contributed by atoms with Crippen LogP contribution in [0.1, 0.15) is 10.4 Å². The van der Waals surface area contributed by atoms with Crippen LogP contribution in [0.25, 0.3) is 10.8 Å². The van der Waals surface area contributed by atoms with E-state index in [9.17, 15) is 18.0 Å². The molecular formula is C25H18ClN3O4S. The molecular weight excluding hydrogens is 474 g/mol. The molecule has 4 aromatic rings. The van der Waals surface area contributed by atoms with Crippen LogP contribution >= 0.6 is 11.6 Å². The largest absolute Gasteiger partial charge is 0.325 e. The molecule has 0 radical (unpaired) electrons. The molecule has 0 aliphatic carbocycles. The molecule has 1 aliphatic rings. The molecule has 0 saturated carbocycles. The second-order valence-electron chi connectivity index (χ2n) is 7.76. The van der Waals surface area contributed by atoms with Gasteiger partial charge in [0, 0.05) is 21.7 Å². The lowest BCUT2D eigenvalue weighted by molar-refractivity contribution is -0.114. The minimum atomic E-state index is -3.83. The van der Waals surface area contributed by atoms with E-state index in [0.29, 0.717) is 27.6 Å². The maximum atomic E-state index is 12.9. The van der Waals surface area contributed by atoms with E-state index in [1.807, 2.05) is 30.3 Å². The maximum Gasteiger partial charge on any atom is 0.261 e. The molecule has 4 aromatic carbocycles. The molecule has 0 saturated heterocycles. The predicted octanol–water partition coefficient (Wildman–Crippen LogP) is 4.89. The summed E-state index contributed by atoms with van der Waals surface area (Å²) in [6.45, 7) is -0.164. The van der Waals surface area contributed by atoms with Gasteiger partial charge in [0.05, 0.1) is 16.3 Å². The Morgan fingerprint density at radius 1 is 0.882 bits per heavy atom. The molecule has 0 bridgehead atoms. The van der Waals surface area contributed by atoms with Crippen molar-refractivity contribution in [2.24, 2.45) is 0 Å². The van der Waals surface area contributed by atoms with Crippen LogP contribution in [0.15, 0.2) is 89.8 Å². The molecule has 5 rings (SSSR count). The monoisotopic (exact) mass is 491 g/mol. The normalized spacial score (nSPS) is 12.7. The summed E-state index contributed by atoms with van der Waals surface area (Å²) in [7, 11) is -3.83. The van der Waals surface area contributed by atoms with Crippen LogP contribution in [0.5, 0.6) is 0 Å². The molecule has 0 aromatic heterocycles. The van der Waals surface area contributed by atoms with Gasteiger partial charge in [0.25, 0.3) is 15.9 Å². The summed E-state index contributed by atoms with van der Waals surface area (Å²) in [5.74, 6) is -0.624. The van der Waals surface area contributed by atoms with Gasteiger partial charge in [-0.2, -0.15) is 0 Å². The lowest BCUT2D eigenvalue weighted by atomic mass is 10.1. The van der Waals surface area contributed by atoms with E-state index in [-0.39, 0.29) is 17.3 Å². The van der Waals surface area contributed by atoms with Crippen molar-refractivity contribution < 1.29 is 18.0 Å². The number of halogens is 1. The first-order chi connectivity index (χ1) is 16.3. The fourth-order valence-corrected chi connectivity index (χ4v) is 5.20. The molecule has 0 atom stereocenters. The van der Waals surface area contributed by atoms with Crippen molar-refractivity contribution in [1.29, 1.82) is 0 Å². The van der Waals surface area contributed by atoms with Gasteiger partial charge < -0.3 is 5.32 Å². The quantitative estimate of drug-likeness (QED) is 0.401. The van der Waals surface area contributed by atoms with Gasteiger partial charge in [0.15, 0.2) is 0 Å². The average molecular weight is 492 g/mol. The van der Waals surface area contributed by atoms with Crippen LogP contribution in [0, 0.1) is 0 Å². The molecule has 1 aliphatic heterocycles. The van der Waals surface area contributed by atoms with Crippen LogP contribution in [-0.2, 0) is 14.8 Å². The summed E-state index contributed by atoms with van der Waals surface area (Å²) in [5, 5.41) is 4.91. The Hall–Kier alpha value is -3.88. The number of amides is 2. The van der Waals surface area contributed by atoms with Gasteiger partial charge in [0.2, 0.25) is 5.91 Å². The topological polar surface area (TPSA) is 95.6 Å². The van der Waals surface area contributed by atoms with Crippen LogP contribution in [-0.4, -0.2) is 26.8 Å². The Labute approximate surface area is 201 Å². The summed E-state index contributed by atoms with van der Waals surface area (Å²) < 4.78 is 27.7. The van der Waals surface area contributed by atoms with Crippen LogP contribution in [0.2, 0.25) is 5.02 Å². The number of carbonyl (C=O) groups is 2. The number of hydrogen-bond acceptors (Lipinski definition) is 4. The number of benzene rings is 4. The van der Waals surface area contributed by atoms with Gasteiger partial charge in [-0.25, -0.2) is 8.42 Å². The Morgan fingerprint density at radius 3 is 2.32 bits per heavy atom. The average Bonchev–Trinajstić information content (AvgIpc) is 3.07. The van der Waals surface area contributed by atoms with Crippen molar-refractivity contribution >= 4 is 61.3 Å². The summed E-state index contributed by atoms with van der Waals surface area (Å²) in [5.41, 5.74) is 2.02. The predicted molar refractivity (Wildman–Crippen MR) is 133 cm³/mol. The number of anilines is 3. The first kappa shape index (κ1) is 21.9. The SMILES string of the molecule is O=C(CN1C(=O)c2cccc3cccc1c23)Nc1ccc(S(=O)(=O)Nc2cccc(Cl)c2)cc1. The fraction of sp³-hybridized carbons (Fsp3) is 0.0400. The van der Waals surface area contributed by atoms with Crippen molar-refractivity contribution in [2.75, 3.05) is 21.5 Å². The van der Waals surface area contributed by atoms with Crippen molar-refractivity contribution in [1.82, 2.24) is 0 Å². The number of carbonyl (C=O) groups excluding carboxylic acids is 2. The first-order valence-electron chi connectivity index (χ1n) is 10.3. The van der Waals surface area contributed by atoms with E-state index in [1.165, 1.54) is 35.2 Å². The smallest absolute Gasteiger partial charge is 0.261 e. The highest BCUT2D eigenvalue weighted by atomic mass is 35.5. The van der Waals surface area contributed by atoms with Gasteiger partial charge in [-0.3, -0.25) is 19.2 Å². The van der Waals surface area contributed by atoms with E-state index in [2.05, 4.69) is 10.0 Å². The maximum absolute atomic E-state index is 12.9. The van der Waals surface area contributed by atoms with Gasteiger partial charge in [-0.05, 0) is 60.0 Å². The van der Waals surface area contributed by atoms with Crippen molar-refractivity contribution in [3.05, 3.63) is 95.5 Å². The van der Waals surface area contributed by atoms with Crippen molar-refractivity contribution in [3.8, 4) is 0 Å². The third kappa shape index (κ3) is 4.09. The summed E-state index contributed by atoms with van der Waals surface area (Å²) in [6, 6.07) is 23.2. The number of rotatable bonds is 6. The first-order valence-corrected chi connectivity index (χ1v) is 12.2. The number of sulfonamides is 1. The van der Waals surface area contributed by atoms with E-state index in [0.717, 1.165) is 10.8 Å². The van der Waals surface area contributed by atoms with E-state index in [1.54, 1.807) is 24.3 Å². The Kier molecular flexibility index (Phi) is 5.47. The van der Waals surface area contributed by atoms with Gasteiger partial charge in [0.1, 0.15) is 6.54 Å². The fourth-order valence-electron chi connectivity index (χ4n) is 3.96. The van der Waals surface area contributed by atoms with Crippen molar-refractivity contribution in [3.63, 3.8) is 0 Å². The molecule has 2 N–H and O–H groups in total. The van der Waals surface area contributed by atoms with Crippen LogP contribution < -0.4 is 14.9 Å². The van der Waals surface area contributed by atoms with E-state index >= 15 is 0 Å². The van der Waals surface area contributed by atoms with E-state index in [4.69, 9.17) is 11.6 Å². The third-order valence-corrected chi connectivity index (χ3v) is 7.11. The molecule has 0 fully saturated rings. The molecule has 7 nitrogen and oxygen atoms in total. The van der Waals surface area contributed by atoms with Gasteiger partial charge in [-0.15, -0.1) is 0 Å². The third-order valence-electron chi connectivity index (χ3n) is 5.48. The lowest BCUT2D eigenvalue weighted by Crippen LogP contribution is -2.35. The molecule has 170 valence electrons. The van der Waals surface area contributed by atoms with Crippen LogP contribution in [0.3, 0.4) is 0 Å². The zero-order chi connectivity index (χ0) is 23.9. The second kappa shape index (κ2) is 8.48. The zero-order valence-corrected chi connectivity index (χ0v) is 19.2. The summed E-state index contributed by atoms with van der Waals surface area (Å²) >= 11 is 5.91. The van der Waals surface area contributed by atoms with E-state index < -0.39 is 15.9 Å². The highest BCUT2D eigenvalue weighted by Crippen LogP contribution is 2.37. The molecule has 9 heteroatoms. The zero-order valence-electron chi connectivity index (χ0n) is 17.7. The number of hydrogen-bond donors (Lipinski definition) is 2. The minimum absolute atomic E-state index is 0.0299. The highest BCUT2D eigenvalue weighted by molar-refractivity contribution is 7.92. The standard InChI is InChI=1S/C25H18ClN3O4S/c26-17-6-3-7-19(14-17)28-34(32,33)20-12-10-18(11-13-20)27-23(30)15-29-22-9-2-5-16-4-1-8-21(24(16)22)25(29)31/h1-14,28H,15H2,(H,27,30). The highest BCUT2D eigenvalue weighted by Gasteiger charge is 2.30. The van der Waals surface area contributed by atoms with Gasteiger partial charge >= 0.3 is 0 Å². The minimum Gasteiger partial charge on any atom is -0.325 e. The number of nitrogens with zero attached hydrogens (tertiary/aromatic N) is 1. The van der Waals surface area contributed by atoms with Crippen molar-refractivity contribution in [2.45, 2.75) is 4.90 Å². The number of nitrogens with one attached hydrogen (secondary N) is 2. The Morgan fingerprint density at radius 2 is 1.59 bits per heavy atom. The lowest BCUT2D eigenvalue weighted by Gasteiger charge is -2.17. The molecule has 0 spiro atoms. The van der Waals surface area contributed by atoms with Gasteiger partial charge in [-0.1, -0.05) is 41.9 Å². The molecule has 1 heterocycles.